The van der Waals surface area contributed by atoms with Crippen LogP contribution in [0.3, 0.4) is 0 Å². The van der Waals surface area contributed by atoms with Crippen LogP contribution in [0.1, 0.15) is 35.7 Å². The van der Waals surface area contributed by atoms with Gasteiger partial charge in [-0.3, -0.25) is 14.0 Å². The van der Waals surface area contributed by atoms with E-state index in [9.17, 15) is 9.59 Å². The largest absolute Gasteiger partial charge is 0.338 e. The number of nitrogens with zero attached hydrogens (tertiary/aromatic N) is 3. The lowest BCUT2D eigenvalue weighted by molar-refractivity contribution is 0.0688. The SMILES string of the molecule is CCNCC1CCN(C(=O)c2cnc3cc(C)ccn3c2=O)CC1. The van der Waals surface area contributed by atoms with Gasteiger partial charge in [-0.1, -0.05) is 6.92 Å². The van der Waals surface area contributed by atoms with Gasteiger partial charge < -0.3 is 10.2 Å². The number of likely N-dealkylation sites (tertiary alicyclic amines) is 1. The van der Waals surface area contributed by atoms with Gasteiger partial charge in [-0.05, 0) is 56.5 Å². The first-order valence-electron chi connectivity index (χ1n) is 8.58. The molecule has 2 aromatic heterocycles. The average molecular weight is 328 g/mol. The van der Waals surface area contributed by atoms with E-state index in [0.717, 1.165) is 31.5 Å². The molecule has 0 radical (unpaired) electrons. The molecule has 0 spiro atoms. The van der Waals surface area contributed by atoms with Crippen LogP contribution in [0, 0.1) is 12.8 Å². The number of carbonyl (C=O) groups is 1. The first-order valence-corrected chi connectivity index (χ1v) is 8.58. The molecule has 6 nitrogen and oxygen atoms in total. The fourth-order valence-corrected chi connectivity index (χ4v) is 3.18. The van der Waals surface area contributed by atoms with Crippen molar-refractivity contribution in [2.75, 3.05) is 26.2 Å². The normalized spacial score (nSPS) is 15.8. The van der Waals surface area contributed by atoms with Crippen LogP contribution in [-0.4, -0.2) is 46.4 Å². The number of aryl methyl sites for hydroxylation is 1. The summed E-state index contributed by atoms with van der Waals surface area (Å²) in [4.78, 5) is 31.4. The maximum Gasteiger partial charge on any atom is 0.270 e. The lowest BCUT2D eigenvalue weighted by atomic mass is 9.96. The fourth-order valence-electron chi connectivity index (χ4n) is 3.18. The van der Waals surface area contributed by atoms with E-state index in [2.05, 4.69) is 17.2 Å². The summed E-state index contributed by atoms with van der Waals surface area (Å²) < 4.78 is 1.44. The summed E-state index contributed by atoms with van der Waals surface area (Å²) in [6.07, 6.45) is 5.05. The number of piperidine rings is 1. The Morgan fingerprint density at radius 1 is 1.38 bits per heavy atom. The molecule has 3 heterocycles. The molecule has 1 saturated heterocycles. The zero-order valence-electron chi connectivity index (χ0n) is 14.3. The first-order chi connectivity index (χ1) is 11.6. The Kier molecular flexibility index (Phi) is 4.94. The summed E-state index contributed by atoms with van der Waals surface area (Å²) in [5.74, 6) is 0.400. The molecule has 1 fully saturated rings. The molecule has 24 heavy (non-hydrogen) atoms. The maximum absolute atomic E-state index is 12.7. The number of hydrogen-bond acceptors (Lipinski definition) is 4. The van der Waals surface area contributed by atoms with E-state index in [1.54, 1.807) is 11.1 Å². The molecule has 3 rings (SSSR count). The number of pyridine rings is 1. The Morgan fingerprint density at radius 2 is 2.12 bits per heavy atom. The molecule has 0 saturated carbocycles. The molecule has 6 heteroatoms. The molecule has 0 atom stereocenters. The summed E-state index contributed by atoms with van der Waals surface area (Å²) in [6.45, 7) is 7.41. The monoisotopic (exact) mass is 328 g/mol. The summed E-state index contributed by atoms with van der Waals surface area (Å²) in [5.41, 5.74) is 1.46. The minimum Gasteiger partial charge on any atom is -0.338 e. The summed E-state index contributed by atoms with van der Waals surface area (Å²) in [7, 11) is 0. The van der Waals surface area contributed by atoms with Gasteiger partial charge in [-0.2, -0.15) is 0 Å². The molecule has 0 unspecified atom stereocenters. The lowest BCUT2D eigenvalue weighted by Crippen LogP contribution is -2.42. The molecule has 1 amide bonds. The molecule has 0 aromatic carbocycles. The van der Waals surface area contributed by atoms with E-state index < -0.39 is 0 Å². The van der Waals surface area contributed by atoms with E-state index in [0.29, 0.717) is 24.7 Å². The van der Waals surface area contributed by atoms with Crippen molar-refractivity contribution in [3.8, 4) is 0 Å². The third-order valence-electron chi connectivity index (χ3n) is 4.68. The number of amides is 1. The Labute approximate surface area is 141 Å². The van der Waals surface area contributed by atoms with Gasteiger partial charge in [0.15, 0.2) is 0 Å². The van der Waals surface area contributed by atoms with Crippen molar-refractivity contribution in [2.45, 2.75) is 26.7 Å². The van der Waals surface area contributed by atoms with Gasteiger partial charge in [-0.25, -0.2) is 4.98 Å². The Morgan fingerprint density at radius 3 is 2.83 bits per heavy atom. The molecule has 128 valence electrons. The average Bonchev–Trinajstić information content (AvgIpc) is 2.60. The molecule has 0 bridgehead atoms. The zero-order valence-corrected chi connectivity index (χ0v) is 14.3. The second-order valence-corrected chi connectivity index (χ2v) is 6.45. The Bertz CT molecular complexity index is 791. The van der Waals surface area contributed by atoms with Crippen molar-refractivity contribution in [3.05, 3.63) is 46.0 Å². The van der Waals surface area contributed by atoms with Crippen LogP contribution < -0.4 is 10.9 Å². The van der Waals surface area contributed by atoms with E-state index in [1.807, 2.05) is 19.1 Å². The predicted octanol–water partition coefficient (Wildman–Crippen LogP) is 1.46. The van der Waals surface area contributed by atoms with Crippen molar-refractivity contribution < 1.29 is 4.79 Å². The highest BCUT2D eigenvalue weighted by molar-refractivity contribution is 5.93. The zero-order chi connectivity index (χ0) is 17.1. The van der Waals surface area contributed by atoms with Gasteiger partial charge in [-0.15, -0.1) is 0 Å². The molecule has 1 aliphatic rings. The number of aromatic nitrogens is 2. The van der Waals surface area contributed by atoms with Crippen LogP contribution in [0.5, 0.6) is 0 Å². The Balaban J connectivity index is 1.76. The summed E-state index contributed by atoms with van der Waals surface area (Å²) >= 11 is 0. The van der Waals surface area contributed by atoms with Crippen LogP contribution in [0.25, 0.3) is 5.65 Å². The van der Waals surface area contributed by atoms with E-state index in [-0.39, 0.29) is 17.0 Å². The summed E-state index contributed by atoms with van der Waals surface area (Å²) in [5, 5.41) is 3.36. The molecule has 0 aliphatic carbocycles. The van der Waals surface area contributed by atoms with Gasteiger partial charge >= 0.3 is 0 Å². The van der Waals surface area contributed by atoms with Gasteiger partial charge in [0.1, 0.15) is 11.2 Å². The van der Waals surface area contributed by atoms with Crippen molar-refractivity contribution in [3.63, 3.8) is 0 Å². The topological polar surface area (TPSA) is 66.7 Å². The second kappa shape index (κ2) is 7.13. The quantitative estimate of drug-likeness (QED) is 0.923. The van der Waals surface area contributed by atoms with Crippen molar-refractivity contribution in [1.29, 1.82) is 0 Å². The molecular weight excluding hydrogens is 304 g/mol. The Hall–Kier alpha value is -2.21. The minimum absolute atomic E-state index is 0.154. The van der Waals surface area contributed by atoms with Crippen LogP contribution in [-0.2, 0) is 0 Å². The van der Waals surface area contributed by atoms with E-state index >= 15 is 0 Å². The number of hydrogen-bond donors (Lipinski definition) is 1. The maximum atomic E-state index is 12.7. The van der Waals surface area contributed by atoms with Gasteiger partial charge in [0.2, 0.25) is 0 Å². The van der Waals surface area contributed by atoms with Gasteiger partial charge in [0, 0.05) is 25.5 Å². The van der Waals surface area contributed by atoms with Crippen LogP contribution in [0.4, 0.5) is 0 Å². The second-order valence-electron chi connectivity index (χ2n) is 6.45. The third-order valence-corrected chi connectivity index (χ3v) is 4.68. The van der Waals surface area contributed by atoms with Crippen molar-refractivity contribution in [2.24, 2.45) is 5.92 Å². The first kappa shape index (κ1) is 16.6. The highest BCUT2D eigenvalue weighted by atomic mass is 16.2. The van der Waals surface area contributed by atoms with Gasteiger partial charge in [0.05, 0.1) is 0 Å². The number of carbonyl (C=O) groups excluding carboxylic acids is 1. The highest BCUT2D eigenvalue weighted by Crippen LogP contribution is 2.17. The lowest BCUT2D eigenvalue weighted by Gasteiger charge is -2.32. The highest BCUT2D eigenvalue weighted by Gasteiger charge is 2.25. The number of nitrogens with one attached hydrogen (secondary N) is 1. The standard InChI is InChI=1S/C18H24N4O2/c1-3-19-11-14-5-7-21(8-6-14)17(23)15-12-20-16-10-13(2)4-9-22(16)18(15)24/h4,9-10,12,14,19H,3,5-8,11H2,1-2H3. The van der Waals surface area contributed by atoms with Crippen LogP contribution >= 0.6 is 0 Å². The number of rotatable bonds is 4. The minimum atomic E-state index is -0.292. The summed E-state index contributed by atoms with van der Waals surface area (Å²) in [6, 6.07) is 3.68. The molecule has 2 aromatic rings. The van der Waals surface area contributed by atoms with E-state index in [4.69, 9.17) is 0 Å². The third kappa shape index (κ3) is 3.33. The van der Waals surface area contributed by atoms with Gasteiger partial charge in [0.25, 0.3) is 11.5 Å². The van der Waals surface area contributed by atoms with E-state index in [1.165, 1.54) is 10.6 Å². The molecule has 1 N–H and O–H groups in total. The van der Waals surface area contributed by atoms with Crippen molar-refractivity contribution >= 4 is 11.6 Å². The number of fused-ring (bicyclic) bond motifs is 1. The van der Waals surface area contributed by atoms with Crippen LogP contribution in [0.2, 0.25) is 0 Å². The molecule has 1 aliphatic heterocycles. The van der Waals surface area contributed by atoms with Crippen molar-refractivity contribution in [1.82, 2.24) is 19.6 Å². The van der Waals surface area contributed by atoms with Crippen LogP contribution in [0.15, 0.2) is 29.3 Å². The fraction of sp³-hybridized carbons (Fsp3) is 0.500. The smallest absolute Gasteiger partial charge is 0.270 e. The molecular formula is C18H24N4O2. The predicted molar refractivity (Wildman–Crippen MR) is 93.4 cm³/mol.